The van der Waals surface area contributed by atoms with Crippen molar-refractivity contribution in [2.75, 3.05) is 14.2 Å². The van der Waals surface area contributed by atoms with Crippen LogP contribution in [0.15, 0.2) is 47.3 Å². The second-order valence-electron chi connectivity index (χ2n) is 5.75. The molecular weight excluding hydrogens is 318 g/mol. The molecule has 1 heterocycles. The van der Waals surface area contributed by atoms with Gasteiger partial charge in [0, 0.05) is 12.1 Å². The summed E-state index contributed by atoms with van der Waals surface area (Å²) < 4.78 is 10.5. The first-order chi connectivity index (χ1) is 12.1. The summed E-state index contributed by atoms with van der Waals surface area (Å²) in [7, 11) is 3.09. The van der Waals surface area contributed by atoms with Crippen LogP contribution in [0, 0.1) is 0 Å². The minimum Gasteiger partial charge on any atom is -0.493 e. The van der Waals surface area contributed by atoms with E-state index >= 15 is 0 Å². The Bertz CT molecular complexity index is 922. The number of methoxy groups -OCH3 is 2. The zero-order valence-corrected chi connectivity index (χ0v) is 14.5. The topological polar surface area (TPSA) is 76.2 Å². The van der Waals surface area contributed by atoms with Crippen molar-refractivity contribution in [2.45, 2.75) is 19.5 Å². The van der Waals surface area contributed by atoms with Gasteiger partial charge in [-0.1, -0.05) is 30.3 Å². The first-order valence-corrected chi connectivity index (χ1v) is 8.05. The van der Waals surface area contributed by atoms with Crippen molar-refractivity contribution in [2.24, 2.45) is 0 Å². The Kier molecular flexibility index (Phi) is 5.00. The summed E-state index contributed by atoms with van der Waals surface area (Å²) in [6, 6.07) is 13.6. The predicted molar refractivity (Wildman–Crippen MR) is 97.2 cm³/mol. The molecule has 2 aromatic carbocycles. The molecule has 0 saturated carbocycles. The fourth-order valence-corrected chi connectivity index (χ4v) is 2.71. The Balaban J connectivity index is 1.86. The molecule has 0 spiro atoms. The Hall–Kier alpha value is -2.86. The van der Waals surface area contributed by atoms with Gasteiger partial charge < -0.3 is 19.8 Å². The van der Waals surface area contributed by atoms with Crippen molar-refractivity contribution in [3.63, 3.8) is 0 Å². The molecule has 0 fully saturated rings. The van der Waals surface area contributed by atoms with Crippen molar-refractivity contribution >= 4 is 10.9 Å². The van der Waals surface area contributed by atoms with Gasteiger partial charge >= 0.3 is 0 Å². The molecule has 0 unspecified atom stereocenters. The van der Waals surface area contributed by atoms with Crippen LogP contribution in [0.4, 0.5) is 0 Å². The van der Waals surface area contributed by atoms with Crippen molar-refractivity contribution in [1.29, 1.82) is 0 Å². The minimum atomic E-state index is -0.199. The molecule has 0 aliphatic rings. The Morgan fingerprint density at radius 2 is 1.80 bits per heavy atom. The number of H-pyrrole nitrogens is 1. The number of hydrogen-bond donors (Lipinski definition) is 2. The third-order valence-corrected chi connectivity index (χ3v) is 4.13. The van der Waals surface area contributed by atoms with Gasteiger partial charge in [0.2, 0.25) is 0 Å². The third-order valence-electron chi connectivity index (χ3n) is 4.13. The molecule has 0 saturated heterocycles. The van der Waals surface area contributed by atoms with Gasteiger partial charge in [0.25, 0.3) is 5.56 Å². The first kappa shape index (κ1) is 17.0. The van der Waals surface area contributed by atoms with Crippen molar-refractivity contribution in [3.05, 3.63) is 64.2 Å². The van der Waals surface area contributed by atoms with Gasteiger partial charge in [0.1, 0.15) is 5.82 Å². The van der Waals surface area contributed by atoms with E-state index in [0.29, 0.717) is 34.8 Å². The van der Waals surface area contributed by atoms with Crippen LogP contribution in [-0.2, 0) is 6.54 Å². The van der Waals surface area contributed by atoms with Gasteiger partial charge in [-0.2, -0.15) is 0 Å². The maximum atomic E-state index is 12.4. The number of benzene rings is 2. The van der Waals surface area contributed by atoms with Crippen LogP contribution in [0.5, 0.6) is 11.5 Å². The van der Waals surface area contributed by atoms with E-state index in [1.54, 1.807) is 19.2 Å². The largest absolute Gasteiger partial charge is 0.493 e. The lowest BCUT2D eigenvalue weighted by molar-refractivity contribution is 0.355. The minimum absolute atomic E-state index is 0.146. The van der Waals surface area contributed by atoms with Gasteiger partial charge in [-0.15, -0.1) is 0 Å². The predicted octanol–water partition coefficient (Wildman–Crippen LogP) is 2.79. The summed E-state index contributed by atoms with van der Waals surface area (Å²) in [6.45, 7) is 2.53. The number of hydrogen-bond acceptors (Lipinski definition) is 5. The van der Waals surface area contributed by atoms with Gasteiger partial charge in [-0.05, 0) is 18.6 Å². The molecule has 6 nitrogen and oxygen atoms in total. The van der Waals surface area contributed by atoms with Crippen molar-refractivity contribution < 1.29 is 9.47 Å². The van der Waals surface area contributed by atoms with Gasteiger partial charge in [-0.3, -0.25) is 4.79 Å². The molecule has 6 heteroatoms. The average Bonchev–Trinajstić information content (AvgIpc) is 2.65. The van der Waals surface area contributed by atoms with E-state index in [1.807, 2.05) is 18.2 Å². The summed E-state index contributed by atoms with van der Waals surface area (Å²) >= 11 is 0. The molecule has 3 rings (SSSR count). The van der Waals surface area contributed by atoms with Crippen molar-refractivity contribution in [1.82, 2.24) is 15.3 Å². The lowest BCUT2D eigenvalue weighted by Crippen LogP contribution is -2.22. The standard InChI is InChI=1S/C19H21N3O3/c1-12(13-7-5-4-6-8-13)20-11-18-21-15-10-17(25-3)16(24-2)9-14(15)19(23)22-18/h4-10,12,20H,11H2,1-3H3,(H,21,22,23)/t12-/m0/s1. The lowest BCUT2D eigenvalue weighted by atomic mass is 10.1. The molecule has 0 aliphatic heterocycles. The number of ether oxygens (including phenoxy) is 2. The van der Waals surface area contributed by atoms with E-state index in [0.717, 1.165) is 0 Å². The molecule has 3 aromatic rings. The molecule has 0 bridgehead atoms. The van der Waals surface area contributed by atoms with Crippen LogP contribution < -0.4 is 20.3 Å². The highest BCUT2D eigenvalue weighted by molar-refractivity contribution is 5.81. The summed E-state index contributed by atoms with van der Waals surface area (Å²) in [5.41, 5.74) is 1.55. The lowest BCUT2D eigenvalue weighted by Gasteiger charge is -2.14. The number of nitrogens with zero attached hydrogens (tertiary/aromatic N) is 1. The van der Waals surface area contributed by atoms with Crippen LogP contribution >= 0.6 is 0 Å². The molecule has 0 aliphatic carbocycles. The van der Waals surface area contributed by atoms with E-state index in [-0.39, 0.29) is 11.6 Å². The van der Waals surface area contributed by atoms with Crippen LogP contribution in [0.3, 0.4) is 0 Å². The fourth-order valence-electron chi connectivity index (χ4n) is 2.71. The SMILES string of the molecule is COc1cc2nc(CN[C@@H](C)c3ccccc3)[nH]c(=O)c2cc1OC. The van der Waals surface area contributed by atoms with Crippen molar-refractivity contribution in [3.8, 4) is 11.5 Å². The van der Waals surface area contributed by atoms with E-state index in [4.69, 9.17) is 9.47 Å². The highest BCUT2D eigenvalue weighted by Crippen LogP contribution is 2.29. The van der Waals surface area contributed by atoms with Crippen LogP contribution in [0.25, 0.3) is 10.9 Å². The maximum Gasteiger partial charge on any atom is 0.258 e. The average molecular weight is 339 g/mol. The maximum absolute atomic E-state index is 12.4. The summed E-state index contributed by atoms with van der Waals surface area (Å²) in [5, 5.41) is 3.84. The Morgan fingerprint density at radius 1 is 1.12 bits per heavy atom. The highest BCUT2D eigenvalue weighted by Gasteiger charge is 2.11. The van der Waals surface area contributed by atoms with E-state index < -0.39 is 0 Å². The van der Waals surface area contributed by atoms with E-state index in [9.17, 15) is 4.79 Å². The summed E-state index contributed by atoms with van der Waals surface area (Å²) in [6.07, 6.45) is 0. The molecule has 0 amide bonds. The van der Waals surface area contributed by atoms with E-state index in [1.165, 1.54) is 12.7 Å². The monoisotopic (exact) mass is 339 g/mol. The smallest absolute Gasteiger partial charge is 0.258 e. The van der Waals surface area contributed by atoms with Gasteiger partial charge in [0.15, 0.2) is 11.5 Å². The zero-order valence-electron chi connectivity index (χ0n) is 14.5. The molecule has 2 N–H and O–H groups in total. The molecule has 130 valence electrons. The first-order valence-electron chi connectivity index (χ1n) is 8.05. The third kappa shape index (κ3) is 3.64. The quantitative estimate of drug-likeness (QED) is 0.722. The number of fused-ring (bicyclic) bond motifs is 1. The van der Waals surface area contributed by atoms with Crippen LogP contribution in [0.2, 0.25) is 0 Å². The number of aromatic amines is 1. The van der Waals surface area contributed by atoms with Crippen LogP contribution in [-0.4, -0.2) is 24.2 Å². The number of rotatable bonds is 6. The molecular formula is C19H21N3O3. The van der Waals surface area contributed by atoms with E-state index in [2.05, 4.69) is 34.3 Å². The summed E-state index contributed by atoms with van der Waals surface area (Å²) in [4.78, 5) is 19.7. The number of nitrogens with one attached hydrogen (secondary N) is 2. The number of aromatic nitrogens is 2. The Morgan fingerprint density at radius 3 is 2.48 bits per heavy atom. The zero-order chi connectivity index (χ0) is 17.8. The normalized spacial score (nSPS) is 12.1. The van der Waals surface area contributed by atoms with Crippen LogP contribution in [0.1, 0.15) is 24.4 Å². The fraction of sp³-hybridized carbons (Fsp3) is 0.263. The molecule has 25 heavy (non-hydrogen) atoms. The highest BCUT2D eigenvalue weighted by atomic mass is 16.5. The molecule has 1 aromatic heterocycles. The van der Waals surface area contributed by atoms with Gasteiger partial charge in [-0.25, -0.2) is 4.98 Å². The second kappa shape index (κ2) is 7.36. The molecule has 0 radical (unpaired) electrons. The second-order valence-corrected chi connectivity index (χ2v) is 5.75. The molecule has 1 atom stereocenters. The Labute approximate surface area is 145 Å². The summed E-state index contributed by atoms with van der Waals surface area (Å²) in [5.74, 6) is 1.63. The van der Waals surface area contributed by atoms with Gasteiger partial charge in [0.05, 0.1) is 31.7 Å².